The first kappa shape index (κ1) is 11.2. The molecule has 0 spiro atoms. The Morgan fingerprint density at radius 2 is 2.14 bits per heavy atom. The number of nitrogens with zero attached hydrogens (tertiary/aromatic N) is 1. The minimum Gasteiger partial charge on any atom is -0.347 e. The molecule has 0 aliphatic carbocycles. The SMILES string of the molecule is CC1(C)O[C@H](CC#N)C[C@H](CC=O)O1. The van der Waals surface area contributed by atoms with E-state index in [-0.39, 0.29) is 12.2 Å². The van der Waals surface area contributed by atoms with Gasteiger partial charge in [-0.1, -0.05) is 0 Å². The zero-order valence-electron chi connectivity index (χ0n) is 8.53. The summed E-state index contributed by atoms with van der Waals surface area (Å²) in [6.45, 7) is 3.60. The molecule has 0 bridgehead atoms. The molecule has 4 nitrogen and oxygen atoms in total. The van der Waals surface area contributed by atoms with Gasteiger partial charge >= 0.3 is 0 Å². The molecule has 4 heteroatoms. The first-order chi connectivity index (χ1) is 6.57. The van der Waals surface area contributed by atoms with Gasteiger partial charge in [-0.3, -0.25) is 0 Å². The summed E-state index contributed by atoms with van der Waals surface area (Å²) in [4.78, 5) is 10.4. The molecule has 14 heavy (non-hydrogen) atoms. The smallest absolute Gasteiger partial charge is 0.163 e. The number of hydrogen-bond acceptors (Lipinski definition) is 4. The van der Waals surface area contributed by atoms with E-state index in [0.717, 1.165) is 6.29 Å². The van der Waals surface area contributed by atoms with E-state index in [9.17, 15) is 4.79 Å². The maximum absolute atomic E-state index is 10.4. The summed E-state index contributed by atoms with van der Waals surface area (Å²) in [6, 6.07) is 2.07. The van der Waals surface area contributed by atoms with Gasteiger partial charge in [0.2, 0.25) is 0 Å². The summed E-state index contributed by atoms with van der Waals surface area (Å²) < 4.78 is 11.1. The highest BCUT2D eigenvalue weighted by Crippen LogP contribution is 2.28. The monoisotopic (exact) mass is 197 g/mol. The number of hydrogen-bond donors (Lipinski definition) is 0. The minimum absolute atomic E-state index is 0.116. The number of rotatable bonds is 3. The summed E-state index contributed by atoms with van der Waals surface area (Å²) in [5.41, 5.74) is 0. The highest BCUT2D eigenvalue weighted by Gasteiger charge is 2.34. The Morgan fingerprint density at radius 1 is 1.50 bits per heavy atom. The van der Waals surface area contributed by atoms with Crippen LogP contribution < -0.4 is 0 Å². The van der Waals surface area contributed by atoms with Crippen LogP contribution in [0.1, 0.15) is 33.1 Å². The third-order valence-corrected chi connectivity index (χ3v) is 2.10. The van der Waals surface area contributed by atoms with Gasteiger partial charge < -0.3 is 14.3 Å². The van der Waals surface area contributed by atoms with E-state index < -0.39 is 5.79 Å². The van der Waals surface area contributed by atoms with Crippen molar-refractivity contribution in [2.75, 3.05) is 0 Å². The van der Waals surface area contributed by atoms with Gasteiger partial charge in [-0.15, -0.1) is 0 Å². The second-order valence-electron chi connectivity index (χ2n) is 3.88. The summed E-state index contributed by atoms with van der Waals surface area (Å²) in [6.07, 6.45) is 1.95. The van der Waals surface area contributed by atoms with E-state index in [2.05, 4.69) is 6.07 Å². The molecule has 0 unspecified atom stereocenters. The lowest BCUT2D eigenvalue weighted by Crippen LogP contribution is -2.44. The molecule has 0 radical (unpaired) electrons. The van der Waals surface area contributed by atoms with Crippen molar-refractivity contribution in [3.63, 3.8) is 0 Å². The van der Waals surface area contributed by atoms with Gasteiger partial charge in [0.05, 0.1) is 24.7 Å². The lowest BCUT2D eigenvalue weighted by Gasteiger charge is -2.39. The van der Waals surface area contributed by atoms with E-state index in [1.807, 2.05) is 0 Å². The van der Waals surface area contributed by atoms with Crippen LogP contribution >= 0.6 is 0 Å². The zero-order valence-corrected chi connectivity index (χ0v) is 8.53. The van der Waals surface area contributed by atoms with Crippen LogP contribution in [0.2, 0.25) is 0 Å². The Bertz CT molecular complexity index is 244. The third-order valence-electron chi connectivity index (χ3n) is 2.10. The second-order valence-corrected chi connectivity index (χ2v) is 3.88. The Kier molecular flexibility index (Phi) is 3.62. The van der Waals surface area contributed by atoms with Crippen molar-refractivity contribution >= 4 is 6.29 Å². The van der Waals surface area contributed by atoms with Gasteiger partial charge in [-0.25, -0.2) is 0 Å². The van der Waals surface area contributed by atoms with E-state index in [1.54, 1.807) is 13.8 Å². The molecule has 0 aromatic rings. The van der Waals surface area contributed by atoms with Crippen molar-refractivity contribution in [2.45, 2.75) is 51.1 Å². The Hall–Kier alpha value is -0.920. The number of ether oxygens (including phenoxy) is 2. The molecule has 1 heterocycles. The normalized spacial score (nSPS) is 30.6. The largest absolute Gasteiger partial charge is 0.347 e. The summed E-state index contributed by atoms with van der Waals surface area (Å²) in [5.74, 6) is -0.687. The molecule has 0 aromatic heterocycles. The first-order valence-electron chi connectivity index (χ1n) is 4.73. The molecule has 1 rings (SSSR count). The van der Waals surface area contributed by atoms with Crippen molar-refractivity contribution in [2.24, 2.45) is 0 Å². The molecule has 1 fully saturated rings. The van der Waals surface area contributed by atoms with Gasteiger partial charge in [0.1, 0.15) is 6.29 Å². The molecule has 0 aromatic carbocycles. The number of aldehydes is 1. The fraction of sp³-hybridized carbons (Fsp3) is 0.800. The highest BCUT2D eigenvalue weighted by molar-refractivity contribution is 5.50. The topological polar surface area (TPSA) is 59.3 Å². The predicted molar refractivity (Wildman–Crippen MR) is 49.4 cm³/mol. The quantitative estimate of drug-likeness (QED) is 0.641. The molecule has 0 amide bonds. The number of carbonyl (C=O) groups is 1. The van der Waals surface area contributed by atoms with Gasteiger partial charge in [0, 0.05) is 12.8 Å². The van der Waals surface area contributed by atoms with Crippen LogP contribution in [-0.4, -0.2) is 24.3 Å². The molecule has 1 aliphatic rings. The molecule has 78 valence electrons. The number of carbonyl (C=O) groups excluding carboxylic acids is 1. The summed E-state index contributed by atoms with van der Waals surface area (Å²) >= 11 is 0. The Balaban J connectivity index is 2.57. The van der Waals surface area contributed by atoms with Crippen LogP contribution in [0.4, 0.5) is 0 Å². The fourth-order valence-corrected chi connectivity index (χ4v) is 1.70. The van der Waals surface area contributed by atoms with Crippen molar-refractivity contribution in [1.29, 1.82) is 5.26 Å². The maximum atomic E-state index is 10.4. The van der Waals surface area contributed by atoms with Crippen LogP contribution in [-0.2, 0) is 14.3 Å². The Labute approximate surface area is 83.8 Å². The van der Waals surface area contributed by atoms with Gasteiger partial charge in [0.25, 0.3) is 0 Å². The van der Waals surface area contributed by atoms with Crippen molar-refractivity contribution in [1.82, 2.24) is 0 Å². The van der Waals surface area contributed by atoms with Crippen LogP contribution in [0.25, 0.3) is 0 Å². The van der Waals surface area contributed by atoms with Gasteiger partial charge in [-0.05, 0) is 13.8 Å². The molecule has 0 N–H and O–H groups in total. The molecule has 1 aliphatic heterocycles. The summed E-state index contributed by atoms with van der Waals surface area (Å²) in [5, 5.41) is 8.56. The maximum Gasteiger partial charge on any atom is 0.163 e. The molecule has 0 saturated carbocycles. The van der Waals surface area contributed by atoms with E-state index in [4.69, 9.17) is 14.7 Å². The molecular weight excluding hydrogens is 182 g/mol. The fourth-order valence-electron chi connectivity index (χ4n) is 1.70. The van der Waals surface area contributed by atoms with Gasteiger partial charge in [-0.2, -0.15) is 5.26 Å². The molecule has 1 saturated heterocycles. The van der Waals surface area contributed by atoms with Crippen LogP contribution in [0, 0.1) is 11.3 Å². The van der Waals surface area contributed by atoms with E-state index in [1.165, 1.54) is 0 Å². The van der Waals surface area contributed by atoms with Crippen LogP contribution in [0.5, 0.6) is 0 Å². The molecule has 2 atom stereocenters. The standard InChI is InChI=1S/C10H15NO3/c1-10(2)13-8(3-5-11)7-9(14-10)4-6-12/h6,8-9H,3-4,7H2,1-2H3/t8-,9+/m1/s1. The van der Waals surface area contributed by atoms with Crippen LogP contribution in [0.15, 0.2) is 0 Å². The lowest BCUT2D eigenvalue weighted by atomic mass is 10.0. The summed E-state index contributed by atoms with van der Waals surface area (Å²) in [7, 11) is 0. The van der Waals surface area contributed by atoms with E-state index >= 15 is 0 Å². The van der Waals surface area contributed by atoms with Crippen LogP contribution in [0.3, 0.4) is 0 Å². The lowest BCUT2D eigenvalue weighted by molar-refractivity contribution is -0.297. The minimum atomic E-state index is -0.687. The average molecular weight is 197 g/mol. The van der Waals surface area contributed by atoms with Gasteiger partial charge in [0.15, 0.2) is 5.79 Å². The van der Waals surface area contributed by atoms with Crippen molar-refractivity contribution in [3.8, 4) is 6.07 Å². The number of nitriles is 1. The Morgan fingerprint density at radius 3 is 2.71 bits per heavy atom. The zero-order chi connectivity index (χ0) is 10.6. The average Bonchev–Trinajstić information content (AvgIpc) is 2.01. The molecular formula is C10H15NO3. The first-order valence-corrected chi connectivity index (χ1v) is 4.73. The predicted octanol–water partition coefficient (Wildman–Crippen LogP) is 1.40. The second kappa shape index (κ2) is 4.54. The van der Waals surface area contributed by atoms with Crippen molar-refractivity contribution in [3.05, 3.63) is 0 Å². The van der Waals surface area contributed by atoms with E-state index in [0.29, 0.717) is 19.3 Å². The van der Waals surface area contributed by atoms with Crippen molar-refractivity contribution < 1.29 is 14.3 Å². The highest BCUT2D eigenvalue weighted by atomic mass is 16.7. The third kappa shape index (κ3) is 3.09.